The first kappa shape index (κ1) is 22.3. The zero-order valence-corrected chi connectivity index (χ0v) is 20.1. The average molecular weight is 460 g/mol. The molecule has 1 aromatic heterocycles. The van der Waals surface area contributed by atoms with Crippen LogP contribution in [0.5, 0.6) is 0 Å². The standard InChI is InChI=1S/C28H33N3OS/c32-28(31-16-14-29(15-17-31)20-23-7-2-1-3-8-23)26-11-5-13-30(22-26)21-24-9-4-10-25(19-24)27-12-6-18-33-27/h1-4,6-10,12,18-19,26H,5,11,13-17,20-22H2. The van der Waals surface area contributed by atoms with Crippen LogP contribution in [0.15, 0.2) is 72.1 Å². The van der Waals surface area contributed by atoms with Crippen molar-refractivity contribution in [1.29, 1.82) is 0 Å². The molecule has 0 aliphatic carbocycles. The van der Waals surface area contributed by atoms with Gasteiger partial charge in [0, 0.05) is 50.7 Å². The van der Waals surface area contributed by atoms with Gasteiger partial charge < -0.3 is 4.90 Å². The fraction of sp³-hybridized carbons (Fsp3) is 0.393. The van der Waals surface area contributed by atoms with Crippen LogP contribution < -0.4 is 0 Å². The Morgan fingerprint density at radius 2 is 1.61 bits per heavy atom. The van der Waals surface area contributed by atoms with Crippen molar-refractivity contribution in [2.45, 2.75) is 25.9 Å². The van der Waals surface area contributed by atoms with Gasteiger partial charge in [0.15, 0.2) is 0 Å². The number of thiophene rings is 1. The summed E-state index contributed by atoms with van der Waals surface area (Å²) in [4.78, 5) is 21.7. The van der Waals surface area contributed by atoms with Crippen LogP contribution in [0.3, 0.4) is 0 Å². The summed E-state index contributed by atoms with van der Waals surface area (Å²) in [7, 11) is 0. The van der Waals surface area contributed by atoms with E-state index in [1.807, 2.05) is 0 Å². The summed E-state index contributed by atoms with van der Waals surface area (Å²) in [6.45, 7) is 7.50. The Labute approximate surface area is 201 Å². The van der Waals surface area contributed by atoms with Crippen LogP contribution >= 0.6 is 11.3 Å². The maximum absolute atomic E-state index is 13.3. The van der Waals surface area contributed by atoms with E-state index in [1.165, 1.54) is 21.6 Å². The number of rotatable bonds is 6. The third-order valence-electron chi connectivity index (χ3n) is 6.93. The van der Waals surface area contributed by atoms with Gasteiger partial charge in [-0.3, -0.25) is 14.6 Å². The SMILES string of the molecule is O=C(C1CCCN(Cc2cccc(-c3cccs3)c2)C1)N1CCN(Cc2ccccc2)CC1. The van der Waals surface area contributed by atoms with E-state index in [0.717, 1.165) is 65.2 Å². The number of amides is 1. The molecule has 3 heterocycles. The number of carbonyl (C=O) groups excluding carboxylic acids is 1. The molecule has 0 N–H and O–H groups in total. The summed E-state index contributed by atoms with van der Waals surface area (Å²) in [5.74, 6) is 0.506. The maximum Gasteiger partial charge on any atom is 0.227 e. The molecular weight excluding hydrogens is 426 g/mol. The Bertz CT molecular complexity index is 1030. The molecule has 33 heavy (non-hydrogen) atoms. The molecule has 1 atom stereocenters. The van der Waals surface area contributed by atoms with E-state index < -0.39 is 0 Å². The lowest BCUT2D eigenvalue weighted by Crippen LogP contribution is -2.52. The summed E-state index contributed by atoms with van der Waals surface area (Å²) < 4.78 is 0. The van der Waals surface area contributed by atoms with Crippen molar-refractivity contribution < 1.29 is 4.79 Å². The molecule has 5 rings (SSSR count). The van der Waals surface area contributed by atoms with Crippen molar-refractivity contribution >= 4 is 17.2 Å². The predicted molar refractivity (Wildman–Crippen MR) is 136 cm³/mol. The second-order valence-electron chi connectivity index (χ2n) is 9.34. The summed E-state index contributed by atoms with van der Waals surface area (Å²) in [6.07, 6.45) is 2.13. The highest BCUT2D eigenvalue weighted by atomic mass is 32.1. The topological polar surface area (TPSA) is 26.8 Å². The number of piperazine rings is 1. The normalized spacial score (nSPS) is 20.1. The minimum atomic E-state index is 0.139. The molecule has 172 valence electrons. The summed E-state index contributed by atoms with van der Waals surface area (Å²) in [6, 6.07) is 23.8. The molecule has 0 bridgehead atoms. The molecule has 0 spiro atoms. The number of hydrogen-bond donors (Lipinski definition) is 0. The summed E-state index contributed by atoms with van der Waals surface area (Å²) in [5.41, 5.74) is 3.98. The summed E-state index contributed by atoms with van der Waals surface area (Å²) >= 11 is 1.78. The van der Waals surface area contributed by atoms with Crippen LogP contribution in [-0.4, -0.2) is 59.9 Å². The molecule has 2 aliphatic heterocycles. The fourth-order valence-corrected chi connectivity index (χ4v) is 5.87. The Morgan fingerprint density at radius 3 is 2.39 bits per heavy atom. The van der Waals surface area contributed by atoms with Gasteiger partial charge in [-0.25, -0.2) is 0 Å². The van der Waals surface area contributed by atoms with Crippen LogP contribution in [0.2, 0.25) is 0 Å². The second kappa shape index (κ2) is 10.6. The molecule has 1 unspecified atom stereocenters. The van der Waals surface area contributed by atoms with Gasteiger partial charge in [-0.2, -0.15) is 0 Å². The van der Waals surface area contributed by atoms with E-state index in [9.17, 15) is 4.79 Å². The van der Waals surface area contributed by atoms with E-state index in [4.69, 9.17) is 0 Å². The third-order valence-corrected chi connectivity index (χ3v) is 7.85. The van der Waals surface area contributed by atoms with E-state index in [1.54, 1.807) is 11.3 Å². The van der Waals surface area contributed by atoms with Crippen LogP contribution in [0, 0.1) is 5.92 Å². The minimum absolute atomic E-state index is 0.139. The first-order valence-corrected chi connectivity index (χ1v) is 13.0. The number of likely N-dealkylation sites (tertiary alicyclic amines) is 1. The van der Waals surface area contributed by atoms with E-state index >= 15 is 0 Å². The predicted octanol–water partition coefficient (Wildman–Crippen LogP) is 4.97. The van der Waals surface area contributed by atoms with Crippen molar-refractivity contribution in [3.63, 3.8) is 0 Å². The largest absolute Gasteiger partial charge is 0.340 e. The van der Waals surface area contributed by atoms with Gasteiger partial charge in [0.25, 0.3) is 0 Å². The van der Waals surface area contributed by atoms with E-state index in [0.29, 0.717) is 5.91 Å². The molecule has 4 nitrogen and oxygen atoms in total. The third kappa shape index (κ3) is 5.72. The van der Waals surface area contributed by atoms with Crippen molar-refractivity contribution in [3.05, 3.63) is 83.2 Å². The Hall–Kier alpha value is -2.47. The lowest BCUT2D eigenvalue weighted by atomic mass is 9.95. The van der Waals surface area contributed by atoms with Gasteiger partial charge in [0.1, 0.15) is 0 Å². The first-order chi connectivity index (χ1) is 16.2. The van der Waals surface area contributed by atoms with E-state index in [2.05, 4.69) is 86.8 Å². The van der Waals surface area contributed by atoms with Gasteiger partial charge in [-0.1, -0.05) is 54.6 Å². The zero-order valence-electron chi connectivity index (χ0n) is 19.2. The summed E-state index contributed by atoms with van der Waals surface area (Å²) in [5, 5.41) is 2.13. The highest BCUT2D eigenvalue weighted by Gasteiger charge is 2.31. The molecule has 0 radical (unpaired) electrons. The zero-order chi connectivity index (χ0) is 22.5. The fourth-order valence-electron chi connectivity index (χ4n) is 5.15. The molecule has 2 fully saturated rings. The first-order valence-electron chi connectivity index (χ1n) is 12.1. The number of nitrogens with zero attached hydrogens (tertiary/aromatic N) is 3. The molecule has 3 aromatic rings. The molecule has 2 aromatic carbocycles. The van der Waals surface area contributed by atoms with Crippen molar-refractivity contribution in [2.75, 3.05) is 39.3 Å². The van der Waals surface area contributed by atoms with Gasteiger partial charge in [0.2, 0.25) is 5.91 Å². The van der Waals surface area contributed by atoms with Crippen LogP contribution in [-0.2, 0) is 17.9 Å². The van der Waals surface area contributed by atoms with Gasteiger partial charge in [-0.05, 0) is 53.6 Å². The van der Waals surface area contributed by atoms with Gasteiger partial charge in [-0.15, -0.1) is 11.3 Å². The Kier molecular flexibility index (Phi) is 7.20. The molecular formula is C28H33N3OS. The smallest absolute Gasteiger partial charge is 0.227 e. The number of piperidine rings is 1. The molecule has 1 amide bonds. The molecule has 2 aliphatic rings. The lowest BCUT2D eigenvalue weighted by Gasteiger charge is -2.39. The van der Waals surface area contributed by atoms with Crippen molar-refractivity contribution in [1.82, 2.24) is 14.7 Å². The Balaban J connectivity index is 1.13. The Morgan fingerprint density at radius 1 is 0.818 bits per heavy atom. The number of benzene rings is 2. The highest BCUT2D eigenvalue weighted by molar-refractivity contribution is 7.13. The number of carbonyl (C=O) groups is 1. The van der Waals surface area contributed by atoms with Crippen LogP contribution in [0.4, 0.5) is 0 Å². The van der Waals surface area contributed by atoms with E-state index in [-0.39, 0.29) is 5.92 Å². The van der Waals surface area contributed by atoms with Crippen molar-refractivity contribution in [3.8, 4) is 10.4 Å². The van der Waals surface area contributed by atoms with Gasteiger partial charge >= 0.3 is 0 Å². The van der Waals surface area contributed by atoms with Crippen LogP contribution in [0.1, 0.15) is 24.0 Å². The lowest BCUT2D eigenvalue weighted by molar-refractivity contribution is -0.139. The molecule has 0 saturated carbocycles. The molecule has 2 saturated heterocycles. The quantitative estimate of drug-likeness (QED) is 0.521. The highest BCUT2D eigenvalue weighted by Crippen LogP contribution is 2.27. The van der Waals surface area contributed by atoms with Crippen molar-refractivity contribution in [2.24, 2.45) is 5.92 Å². The van der Waals surface area contributed by atoms with Crippen LogP contribution in [0.25, 0.3) is 10.4 Å². The average Bonchev–Trinajstić information content (AvgIpc) is 3.40. The maximum atomic E-state index is 13.3. The second-order valence-corrected chi connectivity index (χ2v) is 10.3. The van der Waals surface area contributed by atoms with Gasteiger partial charge in [0.05, 0.1) is 5.92 Å². The minimum Gasteiger partial charge on any atom is -0.340 e. The molecule has 5 heteroatoms. The number of hydrogen-bond acceptors (Lipinski definition) is 4. The monoisotopic (exact) mass is 459 g/mol.